The second kappa shape index (κ2) is 10.1. The smallest absolute Gasteiger partial charge is 0.313 e. The summed E-state index contributed by atoms with van der Waals surface area (Å²) in [6.45, 7) is 3.62. The van der Waals surface area contributed by atoms with Crippen molar-refractivity contribution in [2.24, 2.45) is 0 Å². The van der Waals surface area contributed by atoms with Gasteiger partial charge in [0.05, 0.1) is 30.8 Å². The number of thiophene rings is 1. The molecule has 0 saturated heterocycles. The fourth-order valence-corrected chi connectivity index (χ4v) is 3.57. The van der Waals surface area contributed by atoms with Crippen LogP contribution in [0.2, 0.25) is 0 Å². The van der Waals surface area contributed by atoms with Crippen molar-refractivity contribution in [1.29, 1.82) is 0 Å². The van der Waals surface area contributed by atoms with Crippen LogP contribution < -0.4 is 20.7 Å². The van der Waals surface area contributed by atoms with Crippen LogP contribution in [0.25, 0.3) is 11.3 Å². The lowest BCUT2D eigenvalue weighted by atomic mass is 10.1. The molecule has 0 unspecified atom stereocenters. The third-order valence-electron chi connectivity index (χ3n) is 4.46. The highest BCUT2D eigenvalue weighted by Gasteiger charge is 2.25. The zero-order valence-corrected chi connectivity index (χ0v) is 18.7. The highest BCUT2D eigenvalue weighted by atomic mass is 32.1. The van der Waals surface area contributed by atoms with Crippen molar-refractivity contribution in [3.05, 3.63) is 53.2 Å². The first-order valence-electron chi connectivity index (χ1n) is 9.77. The van der Waals surface area contributed by atoms with Crippen LogP contribution in [0.1, 0.15) is 18.7 Å². The van der Waals surface area contributed by atoms with E-state index in [-0.39, 0.29) is 18.9 Å². The fraction of sp³-hybridized carbons (Fsp3) is 0.273. The van der Waals surface area contributed by atoms with E-state index in [4.69, 9.17) is 9.15 Å². The maximum atomic E-state index is 12.4. The first-order chi connectivity index (χ1) is 15.3. The molecular formula is C22H24N4O5S. The minimum atomic E-state index is -0.836. The molecule has 0 aliphatic carbocycles. The van der Waals surface area contributed by atoms with Gasteiger partial charge in [0.2, 0.25) is 5.91 Å². The molecule has 2 aromatic heterocycles. The number of anilines is 1. The van der Waals surface area contributed by atoms with Gasteiger partial charge in [0, 0.05) is 23.2 Å². The van der Waals surface area contributed by atoms with Gasteiger partial charge in [-0.1, -0.05) is 6.07 Å². The van der Waals surface area contributed by atoms with Gasteiger partial charge in [-0.15, -0.1) is 11.3 Å². The van der Waals surface area contributed by atoms with Crippen molar-refractivity contribution in [3.63, 3.8) is 0 Å². The highest BCUT2D eigenvalue weighted by Crippen LogP contribution is 2.32. The summed E-state index contributed by atoms with van der Waals surface area (Å²) in [5.41, 5.74) is 0.215. The molecule has 0 radical (unpaired) electrons. The number of carbonyl (C=O) groups is 3. The van der Waals surface area contributed by atoms with E-state index >= 15 is 0 Å². The average Bonchev–Trinajstić information content (AvgIpc) is 3.46. The molecule has 0 atom stereocenters. The maximum absolute atomic E-state index is 12.4. The molecular weight excluding hydrogens is 432 g/mol. The lowest BCUT2D eigenvalue weighted by molar-refractivity contribution is -0.137. The molecule has 3 rings (SSSR count). The van der Waals surface area contributed by atoms with Crippen LogP contribution in [-0.2, 0) is 20.8 Å². The number of ether oxygens (including phenoxy) is 1. The number of hydrogen-bond acceptors (Lipinski definition) is 7. The summed E-state index contributed by atoms with van der Waals surface area (Å²) in [7, 11) is 1.49. The van der Waals surface area contributed by atoms with Gasteiger partial charge in [-0.05, 0) is 37.4 Å². The first-order valence-corrected chi connectivity index (χ1v) is 10.6. The maximum Gasteiger partial charge on any atom is 0.313 e. The lowest BCUT2D eigenvalue weighted by Gasteiger charge is -2.26. The SMILES string of the molecule is COc1cc(NC(=O)C(=O)NC(C)(C)CNC(=O)Cc2cccs2)ccc1-c1cnco1. The van der Waals surface area contributed by atoms with E-state index in [1.165, 1.54) is 24.8 Å². The highest BCUT2D eigenvalue weighted by molar-refractivity contribution is 7.10. The molecule has 3 N–H and O–H groups in total. The van der Waals surface area contributed by atoms with Gasteiger partial charge in [0.15, 0.2) is 12.2 Å². The minimum Gasteiger partial charge on any atom is -0.496 e. The van der Waals surface area contributed by atoms with Gasteiger partial charge in [0.1, 0.15) is 5.75 Å². The molecule has 0 aliphatic rings. The number of oxazole rings is 1. The summed E-state index contributed by atoms with van der Waals surface area (Å²) >= 11 is 1.50. The van der Waals surface area contributed by atoms with Crippen molar-refractivity contribution in [1.82, 2.24) is 15.6 Å². The number of hydrogen-bond donors (Lipinski definition) is 3. The summed E-state index contributed by atoms with van der Waals surface area (Å²) in [5.74, 6) is -0.842. The van der Waals surface area contributed by atoms with Crippen LogP contribution in [0.5, 0.6) is 5.75 Å². The molecule has 168 valence electrons. The van der Waals surface area contributed by atoms with E-state index in [1.807, 2.05) is 17.5 Å². The number of carbonyl (C=O) groups excluding carboxylic acids is 3. The number of methoxy groups -OCH3 is 1. The van der Waals surface area contributed by atoms with Crippen molar-refractivity contribution in [3.8, 4) is 17.1 Å². The van der Waals surface area contributed by atoms with E-state index in [0.717, 1.165) is 4.88 Å². The van der Waals surface area contributed by atoms with Crippen molar-refractivity contribution in [2.45, 2.75) is 25.8 Å². The monoisotopic (exact) mass is 456 g/mol. The van der Waals surface area contributed by atoms with Gasteiger partial charge < -0.3 is 25.1 Å². The molecule has 0 bridgehead atoms. The second-order valence-electron chi connectivity index (χ2n) is 7.61. The topological polar surface area (TPSA) is 123 Å². The Labute approximate surface area is 189 Å². The summed E-state index contributed by atoms with van der Waals surface area (Å²) < 4.78 is 10.6. The van der Waals surface area contributed by atoms with Crippen molar-refractivity contribution < 1.29 is 23.5 Å². The Kier molecular flexibility index (Phi) is 7.26. The van der Waals surface area contributed by atoms with Crippen molar-refractivity contribution in [2.75, 3.05) is 19.0 Å². The third-order valence-corrected chi connectivity index (χ3v) is 5.33. The average molecular weight is 457 g/mol. The van der Waals surface area contributed by atoms with Gasteiger partial charge in [-0.25, -0.2) is 4.98 Å². The molecule has 3 aromatic rings. The summed E-state index contributed by atoms with van der Waals surface area (Å²) in [4.78, 5) is 41.7. The van der Waals surface area contributed by atoms with Crippen LogP contribution in [-0.4, -0.2) is 41.9 Å². The van der Waals surface area contributed by atoms with Crippen molar-refractivity contribution >= 4 is 34.7 Å². The quantitative estimate of drug-likeness (QED) is 0.448. The zero-order valence-electron chi connectivity index (χ0n) is 17.9. The second-order valence-corrected chi connectivity index (χ2v) is 8.64. The molecule has 1 aromatic carbocycles. The predicted molar refractivity (Wildman–Crippen MR) is 120 cm³/mol. The molecule has 9 nitrogen and oxygen atoms in total. The van der Waals surface area contributed by atoms with Gasteiger partial charge in [0.25, 0.3) is 0 Å². The number of rotatable bonds is 8. The molecule has 0 spiro atoms. The number of aromatic nitrogens is 1. The third kappa shape index (κ3) is 6.17. The van der Waals surface area contributed by atoms with E-state index in [1.54, 1.807) is 38.2 Å². The fourth-order valence-electron chi connectivity index (χ4n) is 2.87. The standard InChI is InChI=1S/C22H24N4O5S/c1-22(2,12-24-19(27)10-15-5-4-8-32-15)26-21(29)20(28)25-14-6-7-16(17(9-14)30-3)18-11-23-13-31-18/h4-9,11,13H,10,12H2,1-3H3,(H,24,27)(H,25,28)(H,26,29). The first kappa shape index (κ1) is 23.0. The number of amides is 3. The Bertz CT molecular complexity index is 1080. The number of nitrogens with zero attached hydrogens (tertiary/aromatic N) is 1. The van der Waals surface area contributed by atoms with Gasteiger partial charge >= 0.3 is 11.8 Å². The Morgan fingerprint density at radius 2 is 2.00 bits per heavy atom. The lowest BCUT2D eigenvalue weighted by Crippen LogP contribution is -2.54. The predicted octanol–water partition coefficient (Wildman–Crippen LogP) is 2.60. The van der Waals surface area contributed by atoms with E-state index in [9.17, 15) is 14.4 Å². The molecule has 3 amide bonds. The molecule has 0 saturated carbocycles. The van der Waals surface area contributed by atoms with Crippen LogP contribution in [0, 0.1) is 0 Å². The summed E-state index contributed by atoms with van der Waals surface area (Å²) in [6, 6.07) is 8.67. The zero-order chi connectivity index (χ0) is 23.1. The number of benzene rings is 1. The van der Waals surface area contributed by atoms with E-state index < -0.39 is 17.4 Å². The summed E-state index contributed by atoms with van der Waals surface area (Å²) in [6.07, 6.45) is 3.13. The Balaban J connectivity index is 1.54. The Hall–Kier alpha value is -3.66. The molecule has 32 heavy (non-hydrogen) atoms. The van der Waals surface area contributed by atoms with Crippen LogP contribution in [0.4, 0.5) is 5.69 Å². The molecule has 2 heterocycles. The van der Waals surface area contributed by atoms with Crippen LogP contribution >= 0.6 is 11.3 Å². The minimum absolute atomic E-state index is 0.154. The van der Waals surface area contributed by atoms with E-state index in [2.05, 4.69) is 20.9 Å². The molecule has 0 aliphatic heterocycles. The normalized spacial score (nSPS) is 11.0. The Morgan fingerprint density at radius 3 is 2.66 bits per heavy atom. The van der Waals surface area contributed by atoms with E-state index in [0.29, 0.717) is 22.8 Å². The van der Waals surface area contributed by atoms with Crippen LogP contribution in [0.3, 0.4) is 0 Å². The largest absolute Gasteiger partial charge is 0.496 e. The molecule has 10 heteroatoms. The number of nitrogens with one attached hydrogen (secondary N) is 3. The summed E-state index contributed by atoms with van der Waals surface area (Å²) in [5, 5.41) is 9.86. The molecule has 0 fully saturated rings. The van der Waals surface area contributed by atoms with Gasteiger partial charge in [-0.3, -0.25) is 14.4 Å². The van der Waals surface area contributed by atoms with Gasteiger partial charge in [-0.2, -0.15) is 0 Å². The Morgan fingerprint density at radius 1 is 1.19 bits per heavy atom. The van der Waals surface area contributed by atoms with Crippen LogP contribution in [0.15, 0.2) is 52.7 Å².